The molecule has 0 aromatic heterocycles. The second kappa shape index (κ2) is 9.29. The molecule has 1 atom stereocenters. The topological polar surface area (TPSA) is 76.0 Å². The predicted octanol–water partition coefficient (Wildman–Crippen LogP) is 5.83. The van der Waals surface area contributed by atoms with Crippen LogP contribution >= 0.6 is 0 Å². The molecule has 1 heterocycles. The lowest BCUT2D eigenvalue weighted by molar-refractivity contribution is 0.0844. The van der Waals surface area contributed by atoms with E-state index in [1.54, 1.807) is 7.11 Å². The summed E-state index contributed by atoms with van der Waals surface area (Å²) in [5.74, 6) is 0.425. The second-order valence-corrected chi connectivity index (χ2v) is 8.42. The monoisotopic (exact) mass is 422 g/mol. The Morgan fingerprint density at radius 3 is 2.13 bits per heavy atom. The van der Waals surface area contributed by atoms with Gasteiger partial charge in [-0.15, -0.1) is 0 Å². The fourth-order valence-corrected chi connectivity index (χ4v) is 3.77. The molecule has 0 fully saturated rings. The van der Waals surface area contributed by atoms with Crippen LogP contribution in [0.4, 0.5) is 0 Å². The maximum absolute atomic E-state index is 12.8. The third-order valence-corrected chi connectivity index (χ3v) is 5.29. The Morgan fingerprint density at radius 2 is 1.61 bits per heavy atom. The number of hydrogen-bond acceptors (Lipinski definition) is 5. The van der Waals surface area contributed by atoms with Crippen molar-refractivity contribution in [2.45, 2.75) is 53.1 Å². The van der Waals surface area contributed by atoms with E-state index in [4.69, 9.17) is 9.47 Å². The van der Waals surface area contributed by atoms with Crippen molar-refractivity contribution in [1.29, 1.82) is 0 Å². The molecule has 2 aromatic carbocycles. The van der Waals surface area contributed by atoms with Crippen LogP contribution in [0.5, 0.6) is 23.0 Å². The van der Waals surface area contributed by atoms with Crippen LogP contribution in [0.2, 0.25) is 0 Å². The molecule has 0 bridgehead atoms. The van der Waals surface area contributed by atoms with Crippen LogP contribution < -0.4 is 9.47 Å². The van der Waals surface area contributed by atoms with Crippen LogP contribution in [-0.2, 0) is 12.8 Å². The number of benzene rings is 2. The first kappa shape index (κ1) is 22.5. The number of rotatable bonds is 6. The lowest BCUT2D eigenvalue weighted by Gasteiger charge is -2.27. The Labute approximate surface area is 183 Å². The van der Waals surface area contributed by atoms with Crippen molar-refractivity contribution in [2.24, 2.45) is 0 Å². The first-order chi connectivity index (χ1) is 14.7. The number of phenols is 2. The predicted molar refractivity (Wildman–Crippen MR) is 121 cm³/mol. The summed E-state index contributed by atoms with van der Waals surface area (Å²) >= 11 is 0. The summed E-state index contributed by atoms with van der Waals surface area (Å²) in [6.07, 6.45) is 5.31. The van der Waals surface area contributed by atoms with Crippen molar-refractivity contribution < 1.29 is 24.5 Å². The molecule has 0 saturated heterocycles. The summed E-state index contributed by atoms with van der Waals surface area (Å²) < 4.78 is 11.8. The Hall–Kier alpha value is -3.21. The Bertz CT molecular complexity index is 1010. The summed E-state index contributed by atoms with van der Waals surface area (Å²) in [5.41, 5.74) is 5.47. The van der Waals surface area contributed by atoms with Gasteiger partial charge in [-0.1, -0.05) is 23.3 Å². The quantitative estimate of drug-likeness (QED) is 0.573. The summed E-state index contributed by atoms with van der Waals surface area (Å²) in [7, 11) is 1.68. The number of ketones is 1. The van der Waals surface area contributed by atoms with Gasteiger partial charge in [-0.05, 0) is 69.4 Å². The zero-order chi connectivity index (χ0) is 22.7. The van der Waals surface area contributed by atoms with Gasteiger partial charge in [-0.2, -0.15) is 0 Å². The highest BCUT2D eigenvalue weighted by molar-refractivity contribution is 6.02. The third kappa shape index (κ3) is 5.10. The molecule has 5 nitrogen and oxygen atoms in total. The number of fused-ring (bicyclic) bond motifs is 1. The molecule has 2 N–H and O–H groups in total. The van der Waals surface area contributed by atoms with Gasteiger partial charge in [0.2, 0.25) is 0 Å². The smallest absolute Gasteiger partial charge is 0.174 e. The maximum atomic E-state index is 12.8. The van der Waals surface area contributed by atoms with Gasteiger partial charge in [-0.3, -0.25) is 4.79 Å². The van der Waals surface area contributed by atoms with Crippen LogP contribution in [0.3, 0.4) is 0 Å². The van der Waals surface area contributed by atoms with Gasteiger partial charge in [0.15, 0.2) is 5.78 Å². The molecule has 0 saturated carbocycles. The van der Waals surface area contributed by atoms with Crippen molar-refractivity contribution >= 4 is 5.78 Å². The van der Waals surface area contributed by atoms with Crippen LogP contribution in [0, 0.1) is 0 Å². The van der Waals surface area contributed by atoms with Crippen LogP contribution in [0.25, 0.3) is 0 Å². The van der Waals surface area contributed by atoms with Crippen molar-refractivity contribution in [1.82, 2.24) is 0 Å². The van der Waals surface area contributed by atoms with Crippen molar-refractivity contribution in [3.05, 3.63) is 69.8 Å². The molecule has 0 aliphatic carbocycles. The molecule has 2 aromatic rings. The van der Waals surface area contributed by atoms with Gasteiger partial charge in [-0.25, -0.2) is 0 Å². The van der Waals surface area contributed by atoms with Crippen molar-refractivity contribution in [2.75, 3.05) is 7.11 Å². The number of allylic oxidation sites excluding steroid dienone is 4. The van der Waals surface area contributed by atoms with Gasteiger partial charge in [0, 0.05) is 12.1 Å². The van der Waals surface area contributed by atoms with Crippen LogP contribution in [0.15, 0.2) is 47.6 Å². The fourth-order valence-electron chi connectivity index (χ4n) is 3.77. The number of methoxy groups -OCH3 is 1. The summed E-state index contributed by atoms with van der Waals surface area (Å²) in [6.45, 7) is 8.22. The molecule has 1 aliphatic rings. The van der Waals surface area contributed by atoms with E-state index in [0.717, 1.165) is 28.5 Å². The SMILES string of the molecule is COc1c(CC=C(C)C)cc([C@@H]2CC(=O)c3c(O)cc(O)cc3O2)cc1CC=C(C)C. The first-order valence-electron chi connectivity index (χ1n) is 10.4. The highest BCUT2D eigenvalue weighted by Gasteiger charge is 2.31. The maximum Gasteiger partial charge on any atom is 0.174 e. The summed E-state index contributed by atoms with van der Waals surface area (Å²) in [4.78, 5) is 12.8. The van der Waals surface area contributed by atoms with Crippen LogP contribution in [-0.4, -0.2) is 23.1 Å². The average Bonchev–Trinajstić information content (AvgIpc) is 2.69. The van der Waals surface area contributed by atoms with E-state index in [9.17, 15) is 15.0 Å². The molecule has 5 heteroatoms. The van der Waals surface area contributed by atoms with E-state index in [-0.39, 0.29) is 35.0 Å². The van der Waals surface area contributed by atoms with E-state index in [1.165, 1.54) is 17.2 Å². The molecule has 0 unspecified atom stereocenters. The number of carbonyl (C=O) groups is 1. The molecule has 0 radical (unpaired) electrons. The average molecular weight is 423 g/mol. The number of ether oxygens (including phenoxy) is 2. The number of Topliss-reactive ketones (excluding diaryl/α,β-unsaturated/α-hetero) is 1. The number of phenolic OH excluding ortho intramolecular Hbond substituents is 2. The largest absolute Gasteiger partial charge is 0.508 e. The Morgan fingerprint density at radius 1 is 1.03 bits per heavy atom. The minimum atomic E-state index is -0.511. The minimum Gasteiger partial charge on any atom is -0.508 e. The van der Waals surface area contributed by atoms with Crippen LogP contribution in [0.1, 0.15) is 67.3 Å². The van der Waals surface area contributed by atoms with Gasteiger partial charge in [0.25, 0.3) is 0 Å². The molecule has 31 heavy (non-hydrogen) atoms. The second-order valence-electron chi connectivity index (χ2n) is 8.42. The van der Waals surface area contributed by atoms with Crippen molar-refractivity contribution in [3.8, 4) is 23.0 Å². The molecule has 0 spiro atoms. The molecular formula is C26H30O5. The first-order valence-corrected chi connectivity index (χ1v) is 10.4. The van der Waals surface area contributed by atoms with Crippen molar-refractivity contribution in [3.63, 3.8) is 0 Å². The van der Waals surface area contributed by atoms with Gasteiger partial charge >= 0.3 is 0 Å². The van der Waals surface area contributed by atoms with E-state index in [1.807, 2.05) is 12.1 Å². The highest BCUT2D eigenvalue weighted by atomic mass is 16.5. The standard InChI is InChI=1S/C26H30O5/c1-15(2)6-8-17-10-19(11-18(26(17)30-5)9-7-16(3)4)23-14-22(29)25-21(28)12-20(27)13-24(25)31-23/h6-7,10-13,23,27-28H,8-9,14H2,1-5H3/t23-/m0/s1. The molecule has 164 valence electrons. The lowest BCUT2D eigenvalue weighted by Crippen LogP contribution is -2.21. The minimum absolute atomic E-state index is 0.113. The normalized spacial score (nSPS) is 15.0. The summed E-state index contributed by atoms with van der Waals surface area (Å²) in [5, 5.41) is 19.9. The van der Waals surface area contributed by atoms with Gasteiger partial charge in [0.1, 0.15) is 34.7 Å². The molecule has 3 rings (SSSR count). The third-order valence-electron chi connectivity index (χ3n) is 5.29. The lowest BCUT2D eigenvalue weighted by atomic mass is 9.91. The molecular weight excluding hydrogens is 392 g/mol. The zero-order valence-corrected chi connectivity index (χ0v) is 18.8. The summed E-state index contributed by atoms with van der Waals surface area (Å²) in [6, 6.07) is 6.57. The Balaban J connectivity index is 2.08. The van der Waals surface area contributed by atoms with Gasteiger partial charge in [0.05, 0.1) is 13.5 Å². The molecule has 1 aliphatic heterocycles. The number of aromatic hydroxyl groups is 2. The number of carbonyl (C=O) groups excluding carboxylic acids is 1. The van der Waals surface area contributed by atoms with E-state index in [0.29, 0.717) is 12.8 Å². The van der Waals surface area contributed by atoms with E-state index >= 15 is 0 Å². The highest BCUT2D eigenvalue weighted by Crippen LogP contribution is 2.42. The molecule has 0 amide bonds. The Kier molecular flexibility index (Phi) is 6.74. The van der Waals surface area contributed by atoms with Gasteiger partial charge < -0.3 is 19.7 Å². The van der Waals surface area contributed by atoms with E-state index in [2.05, 4.69) is 39.8 Å². The van der Waals surface area contributed by atoms with E-state index < -0.39 is 6.10 Å². The zero-order valence-electron chi connectivity index (χ0n) is 18.8. The fraction of sp³-hybridized carbons (Fsp3) is 0.346. The number of hydrogen-bond donors (Lipinski definition) is 2.